The molecule has 1 aliphatic rings. The summed E-state index contributed by atoms with van der Waals surface area (Å²) in [6, 6.07) is 9.17. The number of carbonyl (C=O) groups excluding carboxylic acids is 2. The number of rotatable bonds is 5. The van der Waals surface area contributed by atoms with Crippen molar-refractivity contribution in [1.29, 1.82) is 0 Å². The summed E-state index contributed by atoms with van der Waals surface area (Å²) in [5.41, 5.74) is 2.20. The Morgan fingerprint density at radius 2 is 1.91 bits per heavy atom. The highest BCUT2D eigenvalue weighted by molar-refractivity contribution is 6.30. The van der Waals surface area contributed by atoms with Crippen LogP contribution in [-0.2, 0) is 4.74 Å². The molecule has 0 atom stereocenters. The average Bonchev–Trinajstić information content (AvgIpc) is 3.21. The van der Waals surface area contributed by atoms with Gasteiger partial charge in [-0.25, -0.2) is 14.3 Å². The fraction of sp³-hybridized carbons (Fsp3) is 0.417. The van der Waals surface area contributed by atoms with Gasteiger partial charge in [-0.15, -0.1) is 0 Å². The molecule has 0 unspecified atom stereocenters. The van der Waals surface area contributed by atoms with Gasteiger partial charge in [0.1, 0.15) is 11.3 Å². The number of nitrogens with one attached hydrogen (secondary N) is 1. The SMILES string of the molecule is CC(C)(C)OC(=O)NCCN1CCN(C(=O)c2ccn3ncc(-c4cccc(Cl)c4)c3n2)CC1. The standard InChI is InChI=1S/C24H29ClN6O3/c1-24(2,3)34-23(33)26-8-10-29-11-13-30(14-12-29)22(32)20-7-9-31-21(28-20)19(16-27-31)17-5-4-6-18(25)15-17/h4-7,9,15-16H,8,10-14H2,1-3H3,(H,26,33). The molecule has 1 fully saturated rings. The van der Waals surface area contributed by atoms with E-state index >= 15 is 0 Å². The van der Waals surface area contributed by atoms with Gasteiger partial charge < -0.3 is 15.0 Å². The van der Waals surface area contributed by atoms with Crippen molar-refractivity contribution >= 4 is 29.2 Å². The summed E-state index contributed by atoms with van der Waals surface area (Å²) in [6.07, 6.45) is 3.06. The molecule has 3 aromatic rings. The Labute approximate surface area is 203 Å². The van der Waals surface area contributed by atoms with Crippen LogP contribution in [0.2, 0.25) is 5.02 Å². The van der Waals surface area contributed by atoms with Crippen LogP contribution >= 0.6 is 11.6 Å². The summed E-state index contributed by atoms with van der Waals surface area (Å²) in [7, 11) is 0. The second-order valence-electron chi connectivity index (χ2n) is 9.21. The Bertz CT molecular complexity index is 1180. The van der Waals surface area contributed by atoms with Crippen LogP contribution in [0.1, 0.15) is 31.3 Å². The largest absolute Gasteiger partial charge is 0.444 e. The number of nitrogens with zero attached hydrogens (tertiary/aromatic N) is 5. The molecule has 1 aromatic carbocycles. The Balaban J connectivity index is 1.35. The molecule has 0 aliphatic carbocycles. The molecule has 1 N–H and O–H groups in total. The molecular formula is C24H29ClN6O3. The summed E-state index contributed by atoms with van der Waals surface area (Å²) in [4.78, 5) is 33.6. The number of carbonyl (C=O) groups is 2. The third kappa shape index (κ3) is 5.84. The van der Waals surface area contributed by atoms with Crippen LogP contribution < -0.4 is 5.32 Å². The van der Waals surface area contributed by atoms with Crippen molar-refractivity contribution in [1.82, 2.24) is 29.7 Å². The lowest BCUT2D eigenvalue weighted by atomic mass is 10.1. The molecule has 10 heteroatoms. The lowest BCUT2D eigenvalue weighted by Crippen LogP contribution is -2.50. The highest BCUT2D eigenvalue weighted by Crippen LogP contribution is 2.26. The van der Waals surface area contributed by atoms with Gasteiger partial charge in [0.05, 0.1) is 6.20 Å². The van der Waals surface area contributed by atoms with E-state index in [0.717, 1.165) is 24.2 Å². The second-order valence-corrected chi connectivity index (χ2v) is 9.65. The molecular weight excluding hydrogens is 456 g/mol. The van der Waals surface area contributed by atoms with Crippen molar-refractivity contribution in [2.24, 2.45) is 0 Å². The van der Waals surface area contributed by atoms with Gasteiger partial charge in [-0.1, -0.05) is 23.7 Å². The number of fused-ring (bicyclic) bond motifs is 1. The Morgan fingerprint density at radius 3 is 2.62 bits per heavy atom. The van der Waals surface area contributed by atoms with Crippen molar-refractivity contribution in [3.05, 3.63) is 53.4 Å². The van der Waals surface area contributed by atoms with E-state index in [2.05, 4.69) is 20.3 Å². The van der Waals surface area contributed by atoms with Crippen molar-refractivity contribution in [3.8, 4) is 11.1 Å². The van der Waals surface area contributed by atoms with Crippen LogP contribution in [0.25, 0.3) is 16.8 Å². The number of benzene rings is 1. The Hall–Kier alpha value is -3.17. The zero-order valence-corrected chi connectivity index (χ0v) is 20.4. The number of piperazine rings is 1. The molecule has 0 spiro atoms. The lowest BCUT2D eigenvalue weighted by molar-refractivity contribution is 0.0513. The summed E-state index contributed by atoms with van der Waals surface area (Å²) >= 11 is 6.14. The summed E-state index contributed by atoms with van der Waals surface area (Å²) in [5, 5.41) is 7.75. The first-order valence-corrected chi connectivity index (χ1v) is 11.7. The predicted octanol–water partition coefficient (Wildman–Crippen LogP) is 3.33. The van der Waals surface area contributed by atoms with Gasteiger partial charge in [0.15, 0.2) is 5.65 Å². The first-order valence-electron chi connectivity index (χ1n) is 11.3. The zero-order valence-electron chi connectivity index (χ0n) is 19.6. The van der Waals surface area contributed by atoms with Gasteiger partial charge >= 0.3 is 6.09 Å². The van der Waals surface area contributed by atoms with E-state index in [1.54, 1.807) is 23.0 Å². The fourth-order valence-electron chi connectivity index (χ4n) is 3.81. The minimum absolute atomic E-state index is 0.104. The maximum atomic E-state index is 13.1. The van der Waals surface area contributed by atoms with Gasteiger partial charge in [-0.05, 0) is 44.5 Å². The Kier molecular flexibility index (Phi) is 7.04. The van der Waals surface area contributed by atoms with Crippen LogP contribution in [0.4, 0.5) is 4.79 Å². The monoisotopic (exact) mass is 484 g/mol. The van der Waals surface area contributed by atoms with Crippen LogP contribution in [0.15, 0.2) is 42.7 Å². The first kappa shape index (κ1) is 24.0. The minimum atomic E-state index is -0.515. The van der Waals surface area contributed by atoms with E-state index in [9.17, 15) is 9.59 Å². The molecule has 0 radical (unpaired) electrons. The number of alkyl carbamates (subject to hydrolysis) is 1. The maximum Gasteiger partial charge on any atom is 0.407 e. The van der Waals surface area contributed by atoms with E-state index in [-0.39, 0.29) is 5.91 Å². The number of aromatic nitrogens is 3. The molecule has 2 amide bonds. The molecule has 9 nitrogen and oxygen atoms in total. The van der Waals surface area contributed by atoms with E-state index in [1.807, 2.05) is 49.9 Å². The molecule has 180 valence electrons. The van der Waals surface area contributed by atoms with E-state index in [0.29, 0.717) is 42.5 Å². The molecule has 2 aromatic heterocycles. The number of amides is 2. The van der Waals surface area contributed by atoms with Gasteiger partial charge in [-0.2, -0.15) is 5.10 Å². The summed E-state index contributed by atoms with van der Waals surface area (Å²) < 4.78 is 6.91. The molecule has 34 heavy (non-hydrogen) atoms. The number of ether oxygens (including phenoxy) is 1. The fourth-order valence-corrected chi connectivity index (χ4v) is 4.00. The summed E-state index contributed by atoms with van der Waals surface area (Å²) in [5.74, 6) is -0.104. The molecule has 4 rings (SSSR count). The van der Waals surface area contributed by atoms with Crippen LogP contribution in [0.3, 0.4) is 0 Å². The highest BCUT2D eigenvalue weighted by atomic mass is 35.5. The van der Waals surface area contributed by atoms with Crippen molar-refractivity contribution in [3.63, 3.8) is 0 Å². The van der Waals surface area contributed by atoms with E-state index in [1.165, 1.54) is 0 Å². The molecule has 1 saturated heterocycles. The normalized spacial score (nSPS) is 14.9. The second kappa shape index (κ2) is 9.99. The van der Waals surface area contributed by atoms with Gasteiger partial charge in [0.25, 0.3) is 5.91 Å². The van der Waals surface area contributed by atoms with Gasteiger partial charge in [0, 0.05) is 56.1 Å². The van der Waals surface area contributed by atoms with E-state index in [4.69, 9.17) is 16.3 Å². The molecule has 0 saturated carbocycles. The number of hydrogen-bond donors (Lipinski definition) is 1. The third-order valence-electron chi connectivity index (χ3n) is 5.48. The van der Waals surface area contributed by atoms with E-state index < -0.39 is 11.7 Å². The predicted molar refractivity (Wildman–Crippen MR) is 130 cm³/mol. The quantitative estimate of drug-likeness (QED) is 0.597. The van der Waals surface area contributed by atoms with Crippen molar-refractivity contribution < 1.29 is 14.3 Å². The number of halogens is 1. The van der Waals surface area contributed by atoms with Gasteiger partial charge in [-0.3, -0.25) is 9.69 Å². The van der Waals surface area contributed by atoms with Crippen molar-refractivity contribution in [2.75, 3.05) is 39.3 Å². The third-order valence-corrected chi connectivity index (χ3v) is 5.71. The first-order chi connectivity index (χ1) is 16.2. The van der Waals surface area contributed by atoms with Crippen molar-refractivity contribution in [2.45, 2.75) is 26.4 Å². The van der Waals surface area contributed by atoms with Gasteiger partial charge in [0.2, 0.25) is 0 Å². The summed E-state index contributed by atoms with van der Waals surface area (Å²) in [6.45, 7) is 9.34. The number of hydrogen-bond acceptors (Lipinski definition) is 6. The maximum absolute atomic E-state index is 13.1. The molecule has 3 heterocycles. The van der Waals surface area contributed by atoms with Crippen LogP contribution in [0.5, 0.6) is 0 Å². The Morgan fingerprint density at radius 1 is 1.15 bits per heavy atom. The topological polar surface area (TPSA) is 92.1 Å². The highest BCUT2D eigenvalue weighted by Gasteiger charge is 2.24. The molecule has 0 bridgehead atoms. The average molecular weight is 485 g/mol. The molecule has 1 aliphatic heterocycles. The smallest absolute Gasteiger partial charge is 0.407 e. The van der Waals surface area contributed by atoms with Crippen LogP contribution in [0, 0.1) is 0 Å². The minimum Gasteiger partial charge on any atom is -0.444 e. The lowest BCUT2D eigenvalue weighted by Gasteiger charge is -2.34. The van der Waals surface area contributed by atoms with Crippen LogP contribution in [-0.4, -0.2) is 81.3 Å². The zero-order chi connectivity index (χ0) is 24.3.